The molecular weight excluding hydrogens is 394 g/mol. The number of hydrogen-bond acceptors (Lipinski definition) is 4. The number of benzene rings is 2. The lowest BCUT2D eigenvalue weighted by Crippen LogP contribution is -2.44. The highest BCUT2D eigenvalue weighted by molar-refractivity contribution is 7.99. The number of amides is 2. The standard InChI is InChI=1S/C24H25N3O2S/c1-14-5-8-21-18(9-14)11-20(17(4)25-21)24(29)27-13-30-12-22(27)23(28)26-19-7-6-15(2)16(3)10-19/h5-11,22H,12-13H2,1-4H3,(H,26,28). The van der Waals surface area contributed by atoms with E-state index in [1.807, 2.05) is 70.2 Å². The Labute approximate surface area is 180 Å². The molecule has 3 aromatic rings. The molecule has 1 aromatic heterocycles. The quantitative estimate of drug-likeness (QED) is 0.673. The van der Waals surface area contributed by atoms with Gasteiger partial charge < -0.3 is 10.2 Å². The van der Waals surface area contributed by atoms with Gasteiger partial charge in [0.25, 0.3) is 5.91 Å². The van der Waals surface area contributed by atoms with Crippen LogP contribution in [-0.4, -0.2) is 39.4 Å². The van der Waals surface area contributed by atoms with Crippen LogP contribution in [0, 0.1) is 27.7 Å². The largest absolute Gasteiger partial charge is 0.324 e. The third-order valence-corrected chi connectivity index (χ3v) is 6.62. The van der Waals surface area contributed by atoms with E-state index in [1.54, 1.807) is 16.7 Å². The van der Waals surface area contributed by atoms with Gasteiger partial charge in [0.05, 0.1) is 22.7 Å². The summed E-state index contributed by atoms with van der Waals surface area (Å²) < 4.78 is 0. The lowest BCUT2D eigenvalue weighted by molar-refractivity contribution is -0.119. The highest BCUT2D eigenvalue weighted by Crippen LogP contribution is 2.27. The van der Waals surface area contributed by atoms with Gasteiger partial charge in [-0.05, 0) is 69.2 Å². The van der Waals surface area contributed by atoms with E-state index in [1.165, 1.54) is 5.56 Å². The normalized spacial score (nSPS) is 16.1. The third-order valence-electron chi connectivity index (χ3n) is 5.61. The number of carbonyl (C=O) groups excluding carboxylic acids is 2. The van der Waals surface area contributed by atoms with Crippen LogP contribution in [0.15, 0.2) is 42.5 Å². The van der Waals surface area contributed by atoms with Gasteiger partial charge in [0.15, 0.2) is 0 Å². The van der Waals surface area contributed by atoms with E-state index in [-0.39, 0.29) is 11.8 Å². The van der Waals surface area contributed by atoms with Crippen LogP contribution in [-0.2, 0) is 4.79 Å². The summed E-state index contributed by atoms with van der Waals surface area (Å²) in [7, 11) is 0. The maximum Gasteiger partial charge on any atom is 0.257 e. The van der Waals surface area contributed by atoms with E-state index in [9.17, 15) is 9.59 Å². The number of anilines is 1. The summed E-state index contributed by atoms with van der Waals surface area (Å²) in [6, 6.07) is 13.3. The number of hydrogen-bond donors (Lipinski definition) is 1. The molecule has 1 unspecified atom stereocenters. The van der Waals surface area contributed by atoms with Gasteiger partial charge in [-0.2, -0.15) is 0 Å². The lowest BCUT2D eigenvalue weighted by atomic mass is 10.1. The average Bonchev–Trinajstić information content (AvgIpc) is 3.20. The molecule has 1 N–H and O–H groups in total. The van der Waals surface area contributed by atoms with Crippen LogP contribution < -0.4 is 5.32 Å². The van der Waals surface area contributed by atoms with Crippen molar-refractivity contribution in [3.63, 3.8) is 0 Å². The Morgan fingerprint density at radius 1 is 1.03 bits per heavy atom. The molecule has 5 nitrogen and oxygen atoms in total. The molecule has 1 aliphatic rings. The van der Waals surface area contributed by atoms with Gasteiger partial charge in [-0.3, -0.25) is 14.6 Å². The molecule has 0 spiro atoms. The molecular formula is C24H25N3O2S. The van der Waals surface area contributed by atoms with Crippen molar-refractivity contribution < 1.29 is 9.59 Å². The lowest BCUT2D eigenvalue weighted by Gasteiger charge is -2.24. The van der Waals surface area contributed by atoms with Gasteiger partial charge in [-0.1, -0.05) is 17.7 Å². The topological polar surface area (TPSA) is 62.3 Å². The van der Waals surface area contributed by atoms with Crippen molar-refractivity contribution in [1.82, 2.24) is 9.88 Å². The van der Waals surface area contributed by atoms with Crippen LogP contribution in [0.5, 0.6) is 0 Å². The van der Waals surface area contributed by atoms with Crippen LogP contribution in [0.2, 0.25) is 0 Å². The second-order valence-corrected chi connectivity index (χ2v) is 8.90. The Kier molecular flexibility index (Phi) is 5.52. The number of aromatic nitrogens is 1. The van der Waals surface area contributed by atoms with Gasteiger partial charge >= 0.3 is 0 Å². The van der Waals surface area contributed by atoms with Gasteiger partial charge in [-0.15, -0.1) is 11.8 Å². The summed E-state index contributed by atoms with van der Waals surface area (Å²) in [6.45, 7) is 7.92. The molecule has 2 amide bonds. The Hall–Kier alpha value is -2.86. The zero-order chi connectivity index (χ0) is 21.4. The molecule has 154 valence electrons. The molecule has 2 heterocycles. The van der Waals surface area contributed by atoms with Crippen molar-refractivity contribution in [2.75, 3.05) is 16.9 Å². The van der Waals surface area contributed by atoms with Crippen molar-refractivity contribution in [3.05, 3.63) is 70.4 Å². The molecule has 1 aliphatic heterocycles. The summed E-state index contributed by atoms with van der Waals surface area (Å²) in [6.07, 6.45) is 0. The monoisotopic (exact) mass is 419 g/mol. The number of carbonyl (C=O) groups is 2. The zero-order valence-corrected chi connectivity index (χ0v) is 18.5. The minimum atomic E-state index is -0.503. The van der Waals surface area contributed by atoms with Gasteiger partial charge in [0, 0.05) is 16.8 Å². The third kappa shape index (κ3) is 3.92. The number of fused-ring (bicyclic) bond motifs is 1. The van der Waals surface area contributed by atoms with Crippen LogP contribution in [0.4, 0.5) is 5.69 Å². The van der Waals surface area contributed by atoms with Gasteiger partial charge in [0.1, 0.15) is 6.04 Å². The summed E-state index contributed by atoms with van der Waals surface area (Å²) >= 11 is 1.59. The van der Waals surface area contributed by atoms with E-state index in [0.717, 1.165) is 27.7 Å². The zero-order valence-electron chi connectivity index (χ0n) is 17.7. The second-order valence-electron chi connectivity index (χ2n) is 7.90. The van der Waals surface area contributed by atoms with Crippen LogP contribution >= 0.6 is 11.8 Å². The first kappa shape index (κ1) is 20.4. The first-order valence-electron chi connectivity index (χ1n) is 9.98. The molecule has 1 saturated heterocycles. The molecule has 30 heavy (non-hydrogen) atoms. The van der Waals surface area contributed by atoms with Crippen molar-refractivity contribution in [1.29, 1.82) is 0 Å². The Morgan fingerprint density at radius 3 is 2.60 bits per heavy atom. The summed E-state index contributed by atoms with van der Waals surface area (Å²) in [5.41, 5.74) is 6.28. The molecule has 1 atom stereocenters. The molecule has 0 bridgehead atoms. The molecule has 1 fully saturated rings. The fraction of sp³-hybridized carbons (Fsp3) is 0.292. The highest BCUT2D eigenvalue weighted by Gasteiger charge is 2.36. The number of pyridine rings is 1. The molecule has 0 saturated carbocycles. The smallest absolute Gasteiger partial charge is 0.257 e. The second kappa shape index (κ2) is 8.11. The Balaban J connectivity index is 1.59. The van der Waals surface area contributed by atoms with Crippen molar-refractivity contribution in [2.24, 2.45) is 0 Å². The fourth-order valence-corrected chi connectivity index (χ4v) is 4.82. The number of nitrogens with zero attached hydrogens (tertiary/aromatic N) is 2. The van der Waals surface area contributed by atoms with Crippen LogP contribution in [0.25, 0.3) is 10.9 Å². The van der Waals surface area contributed by atoms with Crippen molar-refractivity contribution >= 4 is 40.2 Å². The van der Waals surface area contributed by atoms with E-state index in [0.29, 0.717) is 22.9 Å². The average molecular weight is 420 g/mol. The maximum absolute atomic E-state index is 13.4. The molecule has 2 aromatic carbocycles. The summed E-state index contributed by atoms with van der Waals surface area (Å²) in [5.74, 6) is 0.781. The van der Waals surface area contributed by atoms with E-state index < -0.39 is 6.04 Å². The highest BCUT2D eigenvalue weighted by atomic mass is 32.2. The molecule has 4 rings (SSSR count). The van der Waals surface area contributed by atoms with Crippen LogP contribution in [0.1, 0.15) is 32.7 Å². The predicted molar refractivity (Wildman–Crippen MR) is 123 cm³/mol. The van der Waals surface area contributed by atoms with Crippen molar-refractivity contribution in [3.8, 4) is 0 Å². The van der Waals surface area contributed by atoms with Crippen LogP contribution in [0.3, 0.4) is 0 Å². The van der Waals surface area contributed by atoms with Gasteiger partial charge in [-0.25, -0.2) is 0 Å². The number of thioether (sulfide) groups is 1. The van der Waals surface area contributed by atoms with Crippen molar-refractivity contribution in [2.45, 2.75) is 33.7 Å². The molecule has 0 radical (unpaired) electrons. The number of nitrogens with one attached hydrogen (secondary N) is 1. The van der Waals surface area contributed by atoms with E-state index >= 15 is 0 Å². The number of aryl methyl sites for hydroxylation is 4. The van der Waals surface area contributed by atoms with E-state index in [2.05, 4.69) is 10.3 Å². The van der Waals surface area contributed by atoms with Gasteiger partial charge in [0.2, 0.25) is 5.91 Å². The Bertz CT molecular complexity index is 1160. The minimum Gasteiger partial charge on any atom is -0.324 e. The SMILES string of the molecule is Cc1ccc2nc(C)c(C(=O)N3CSCC3C(=O)Nc3ccc(C)c(C)c3)cc2c1. The summed E-state index contributed by atoms with van der Waals surface area (Å²) in [4.78, 5) is 32.6. The first-order valence-corrected chi connectivity index (χ1v) is 11.1. The minimum absolute atomic E-state index is 0.145. The maximum atomic E-state index is 13.4. The molecule has 6 heteroatoms. The predicted octanol–water partition coefficient (Wildman–Crippen LogP) is 4.62. The molecule has 0 aliphatic carbocycles. The summed E-state index contributed by atoms with van der Waals surface area (Å²) in [5, 5.41) is 3.92. The fourth-order valence-electron chi connectivity index (χ4n) is 3.67. The Morgan fingerprint density at radius 2 is 1.83 bits per heavy atom. The first-order chi connectivity index (χ1) is 14.3. The van der Waals surface area contributed by atoms with E-state index in [4.69, 9.17) is 0 Å². The number of rotatable bonds is 3.